The largest absolute Gasteiger partial charge is 0.329 e. The van der Waals surface area contributed by atoms with Crippen LogP contribution in [0, 0.1) is 16.0 Å². The zero-order chi connectivity index (χ0) is 10.1. The number of nitrogens with zero attached hydrogens (tertiary/aromatic N) is 1. The molecule has 0 bridgehead atoms. The second kappa shape index (κ2) is 3.30. The van der Waals surface area contributed by atoms with Crippen LogP contribution in [0.2, 0.25) is 0 Å². The minimum Gasteiger partial charge on any atom is -0.302 e. The van der Waals surface area contributed by atoms with Gasteiger partial charge >= 0.3 is 5.00 Å². The highest BCUT2D eigenvalue weighted by Gasteiger charge is 2.50. The number of rotatable bonds is 2. The summed E-state index contributed by atoms with van der Waals surface area (Å²) in [6.07, 6.45) is 5.05. The lowest BCUT2D eigenvalue weighted by Crippen LogP contribution is -2.42. The number of halogens is 1. The van der Waals surface area contributed by atoms with Gasteiger partial charge in [0.05, 0.1) is 0 Å². The Morgan fingerprint density at radius 2 is 2.38 bits per heavy atom. The van der Waals surface area contributed by atoms with Crippen molar-refractivity contribution in [3.05, 3.63) is 33.9 Å². The number of aldehydes is 1. The molecule has 1 aliphatic rings. The minimum absolute atomic E-state index is 0.374. The van der Waals surface area contributed by atoms with Crippen LogP contribution < -0.4 is 0 Å². The van der Waals surface area contributed by atoms with Gasteiger partial charge in [0.25, 0.3) is 0 Å². The van der Waals surface area contributed by atoms with E-state index in [1.807, 2.05) is 0 Å². The topological polar surface area (TPSA) is 60.2 Å². The second-order valence-corrected chi connectivity index (χ2v) is 3.40. The van der Waals surface area contributed by atoms with E-state index in [-0.39, 0.29) is 0 Å². The summed E-state index contributed by atoms with van der Waals surface area (Å²) < 4.78 is 0. The molecule has 5 heteroatoms. The van der Waals surface area contributed by atoms with Crippen molar-refractivity contribution < 1.29 is 9.72 Å². The van der Waals surface area contributed by atoms with Gasteiger partial charge in [0.1, 0.15) is 12.2 Å². The monoisotopic (exact) mass is 201 g/mol. The standard InChI is InChI=1S/C8H8ClNO3/c1-6-3-2-4-7(5-11)8(6,9)10(12)13/h2-5,7H,1H3. The molecular formula is C8H8ClNO3. The van der Waals surface area contributed by atoms with Crippen molar-refractivity contribution in [1.82, 2.24) is 0 Å². The molecular weight excluding hydrogens is 194 g/mol. The summed E-state index contributed by atoms with van der Waals surface area (Å²) >= 11 is 5.78. The molecule has 0 spiro atoms. The van der Waals surface area contributed by atoms with Gasteiger partial charge in [-0.1, -0.05) is 18.2 Å². The van der Waals surface area contributed by atoms with E-state index in [4.69, 9.17) is 11.6 Å². The Bertz CT molecular complexity index is 311. The van der Waals surface area contributed by atoms with Crippen LogP contribution in [0.1, 0.15) is 6.92 Å². The Kier molecular flexibility index (Phi) is 2.52. The predicted octanol–water partition coefficient (Wildman–Crippen LogP) is 1.53. The fourth-order valence-corrected chi connectivity index (χ4v) is 1.42. The molecule has 0 saturated carbocycles. The quantitative estimate of drug-likeness (QED) is 0.224. The smallest absolute Gasteiger partial charge is 0.302 e. The first-order valence-electron chi connectivity index (χ1n) is 3.67. The molecule has 0 aromatic rings. The molecule has 0 aliphatic heterocycles. The van der Waals surface area contributed by atoms with Gasteiger partial charge in [-0.15, -0.1) is 0 Å². The van der Waals surface area contributed by atoms with E-state index in [0.29, 0.717) is 11.9 Å². The van der Waals surface area contributed by atoms with Crippen LogP contribution in [0.4, 0.5) is 0 Å². The lowest BCUT2D eigenvalue weighted by atomic mass is 9.90. The third-order valence-corrected chi connectivity index (χ3v) is 2.76. The molecule has 1 rings (SSSR count). The highest BCUT2D eigenvalue weighted by molar-refractivity contribution is 6.26. The van der Waals surface area contributed by atoms with Crippen LogP contribution in [0.15, 0.2) is 23.8 Å². The zero-order valence-electron chi connectivity index (χ0n) is 6.94. The van der Waals surface area contributed by atoms with Crippen molar-refractivity contribution in [1.29, 1.82) is 0 Å². The molecule has 0 aromatic heterocycles. The Morgan fingerprint density at radius 3 is 2.77 bits per heavy atom. The molecule has 0 radical (unpaired) electrons. The Balaban J connectivity index is 3.17. The highest BCUT2D eigenvalue weighted by atomic mass is 35.5. The van der Waals surface area contributed by atoms with Crippen LogP contribution in [0.3, 0.4) is 0 Å². The summed E-state index contributed by atoms with van der Waals surface area (Å²) in [5.74, 6) is -0.894. The number of alkyl halides is 1. The first kappa shape index (κ1) is 9.92. The molecule has 13 heavy (non-hydrogen) atoms. The average molecular weight is 202 g/mol. The van der Waals surface area contributed by atoms with E-state index in [0.717, 1.165) is 0 Å². The lowest BCUT2D eigenvalue weighted by Gasteiger charge is -2.24. The average Bonchev–Trinajstić information content (AvgIpc) is 2.09. The Hall–Kier alpha value is -1.16. The zero-order valence-corrected chi connectivity index (χ0v) is 7.69. The van der Waals surface area contributed by atoms with Crippen molar-refractivity contribution >= 4 is 17.9 Å². The van der Waals surface area contributed by atoms with Gasteiger partial charge in [-0.3, -0.25) is 10.1 Å². The highest BCUT2D eigenvalue weighted by Crippen LogP contribution is 2.36. The lowest BCUT2D eigenvalue weighted by molar-refractivity contribution is -0.535. The maximum absolute atomic E-state index is 10.7. The first-order valence-corrected chi connectivity index (χ1v) is 4.05. The van der Waals surface area contributed by atoms with Crippen molar-refractivity contribution in [3.8, 4) is 0 Å². The van der Waals surface area contributed by atoms with Crippen LogP contribution in [0.5, 0.6) is 0 Å². The minimum atomic E-state index is -1.80. The molecule has 0 amide bonds. The fraction of sp³-hybridized carbons (Fsp3) is 0.375. The normalized spacial score (nSPS) is 32.5. The van der Waals surface area contributed by atoms with Gasteiger partial charge in [-0.05, 0) is 18.5 Å². The summed E-state index contributed by atoms with van der Waals surface area (Å²) in [7, 11) is 0. The maximum Gasteiger partial charge on any atom is 0.329 e. The second-order valence-electron chi connectivity index (χ2n) is 2.83. The molecule has 70 valence electrons. The van der Waals surface area contributed by atoms with Crippen LogP contribution >= 0.6 is 11.6 Å². The maximum atomic E-state index is 10.7. The molecule has 1 aliphatic carbocycles. The van der Waals surface area contributed by atoms with E-state index in [1.165, 1.54) is 19.1 Å². The van der Waals surface area contributed by atoms with Crippen LogP contribution in [-0.2, 0) is 4.79 Å². The number of carbonyl (C=O) groups is 1. The van der Waals surface area contributed by atoms with E-state index in [9.17, 15) is 14.9 Å². The van der Waals surface area contributed by atoms with Gasteiger partial charge in [0.15, 0.2) is 0 Å². The summed E-state index contributed by atoms with van der Waals surface area (Å²) in [6, 6.07) is 0. The number of allylic oxidation sites excluding steroid dienone is 2. The SMILES string of the molecule is CC1=CC=CC(C=O)C1(Cl)[N+](=O)[O-]. The number of nitro groups is 1. The van der Waals surface area contributed by atoms with Crippen LogP contribution in [0.25, 0.3) is 0 Å². The van der Waals surface area contributed by atoms with Crippen molar-refractivity contribution in [3.63, 3.8) is 0 Å². The summed E-state index contributed by atoms with van der Waals surface area (Å²) in [5.41, 5.74) is 0.374. The third-order valence-electron chi connectivity index (χ3n) is 2.07. The van der Waals surface area contributed by atoms with Gasteiger partial charge in [-0.2, -0.15) is 0 Å². The van der Waals surface area contributed by atoms with Crippen molar-refractivity contribution in [2.24, 2.45) is 5.92 Å². The van der Waals surface area contributed by atoms with E-state index >= 15 is 0 Å². The van der Waals surface area contributed by atoms with E-state index in [2.05, 4.69) is 0 Å². The Morgan fingerprint density at radius 1 is 1.77 bits per heavy atom. The van der Waals surface area contributed by atoms with Crippen molar-refractivity contribution in [2.75, 3.05) is 0 Å². The van der Waals surface area contributed by atoms with Crippen LogP contribution in [-0.4, -0.2) is 16.2 Å². The molecule has 0 aromatic carbocycles. The molecule has 0 heterocycles. The molecule has 0 fully saturated rings. The van der Waals surface area contributed by atoms with Gasteiger partial charge in [-0.25, -0.2) is 0 Å². The number of hydrogen-bond donors (Lipinski definition) is 0. The van der Waals surface area contributed by atoms with Gasteiger partial charge in [0.2, 0.25) is 0 Å². The molecule has 0 N–H and O–H groups in total. The van der Waals surface area contributed by atoms with E-state index < -0.39 is 15.8 Å². The summed E-state index contributed by atoms with van der Waals surface area (Å²) in [4.78, 5) is 18.8. The van der Waals surface area contributed by atoms with Gasteiger partial charge < -0.3 is 4.79 Å². The third kappa shape index (κ3) is 1.37. The molecule has 2 unspecified atom stereocenters. The molecule has 0 saturated heterocycles. The van der Waals surface area contributed by atoms with Crippen molar-refractivity contribution in [2.45, 2.75) is 11.9 Å². The summed E-state index contributed by atoms with van der Waals surface area (Å²) in [6.45, 7) is 1.54. The number of carbonyl (C=O) groups excluding carboxylic acids is 1. The number of hydrogen-bond acceptors (Lipinski definition) is 3. The molecule has 2 atom stereocenters. The Labute approximate surface area is 80.0 Å². The van der Waals surface area contributed by atoms with Gasteiger partial charge in [0, 0.05) is 10.5 Å². The van der Waals surface area contributed by atoms with E-state index in [1.54, 1.807) is 6.08 Å². The molecule has 4 nitrogen and oxygen atoms in total. The predicted molar refractivity (Wildman–Crippen MR) is 48.0 cm³/mol. The summed E-state index contributed by atoms with van der Waals surface area (Å²) in [5, 5.41) is 10.7. The fourth-order valence-electron chi connectivity index (χ4n) is 1.23. The first-order chi connectivity index (χ1) is 6.03.